The van der Waals surface area contributed by atoms with Gasteiger partial charge in [0.1, 0.15) is 11.5 Å². The van der Waals surface area contributed by atoms with Crippen LogP contribution in [0.1, 0.15) is 54.0 Å². The number of ether oxygens (including phenoxy) is 2. The van der Waals surface area contributed by atoms with Crippen LogP contribution in [0.3, 0.4) is 0 Å². The van der Waals surface area contributed by atoms with Crippen molar-refractivity contribution < 1.29 is 14.3 Å². The number of piperidine rings is 1. The second-order valence-electron chi connectivity index (χ2n) is 9.25. The Kier molecular flexibility index (Phi) is 6.65. The molecule has 0 aliphatic carbocycles. The van der Waals surface area contributed by atoms with E-state index in [0.717, 1.165) is 47.0 Å². The molecule has 6 nitrogen and oxygen atoms in total. The summed E-state index contributed by atoms with van der Waals surface area (Å²) in [6.45, 7) is 7.71. The zero-order chi connectivity index (χ0) is 23.2. The van der Waals surface area contributed by atoms with E-state index in [2.05, 4.69) is 22.8 Å². The summed E-state index contributed by atoms with van der Waals surface area (Å²) in [5.74, 6) is 1.75. The number of aromatic nitrogens is 1. The number of carbonyl (C=O) groups excluding carboxylic acids is 1. The number of hydrogen-bond acceptors (Lipinski definition) is 4. The van der Waals surface area contributed by atoms with Crippen LogP contribution in [0.25, 0.3) is 5.69 Å². The van der Waals surface area contributed by atoms with E-state index >= 15 is 0 Å². The fraction of sp³-hybridized carbons (Fsp3) is 0.370. The van der Waals surface area contributed by atoms with Crippen molar-refractivity contribution in [2.24, 2.45) is 5.73 Å². The van der Waals surface area contributed by atoms with E-state index in [1.54, 1.807) is 0 Å². The highest BCUT2D eigenvalue weighted by Crippen LogP contribution is 2.46. The van der Waals surface area contributed by atoms with E-state index < -0.39 is 5.60 Å². The fourth-order valence-electron chi connectivity index (χ4n) is 5.05. The number of halogens is 1. The van der Waals surface area contributed by atoms with Crippen molar-refractivity contribution in [2.75, 3.05) is 13.1 Å². The molecule has 2 aliphatic rings. The maximum atomic E-state index is 13.3. The van der Waals surface area contributed by atoms with Gasteiger partial charge in [-0.25, -0.2) is 0 Å². The number of rotatable bonds is 4. The standard InChI is InChI=1S/C27H31N3O3.ClH/c1-18(2)32-23-10-8-20(16-19(23)3)26(31)29-14-12-27(13-15-29)25-11-9-21(17-28)30(25)22-6-4-5-7-24(22)33-27;/h4-11,16,18H,12-15,17,28H2,1-3H3;1H. The van der Waals surface area contributed by atoms with E-state index in [1.807, 2.05) is 62.1 Å². The third kappa shape index (κ3) is 4.05. The molecule has 1 aromatic heterocycles. The highest BCUT2D eigenvalue weighted by atomic mass is 35.5. The minimum Gasteiger partial charge on any atom is -0.491 e. The number of para-hydroxylation sites is 2. The largest absolute Gasteiger partial charge is 0.491 e. The summed E-state index contributed by atoms with van der Waals surface area (Å²) in [5.41, 5.74) is 10.5. The molecule has 34 heavy (non-hydrogen) atoms. The first-order valence-electron chi connectivity index (χ1n) is 11.7. The van der Waals surface area contributed by atoms with Crippen LogP contribution in [0.5, 0.6) is 11.5 Å². The zero-order valence-electron chi connectivity index (χ0n) is 19.9. The van der Waals surface area contributed by atoms with Gasteiger partial charge in [-0.3, -0.25) is 4.79 Å². The Hall–Kier alpha value is -2.96. The Morgan fingerprint density at radius 2 is 1.85 bits per heavy atom. The lowest BCUT2D eigenvalue weighted by atomic mass is 9.86. The maximum Gasteiger partial charge on any atom is 0.253 e. The van der Waals surface area contributed by atoms with Crippen molar-refractivity contribution in [3.8, 4) is 17.2 Å². The molecule has 5 rings (SSSR count). The SMILES string of the molecule is Cc1cc(C(=O)N2CCC3(CC2)Oc2ccccc2-n2c(CN)ccc23)ccc1OC(C)C.Cl. The average molecular weight is 482 g/mol. The Morgan fingerprint density at radius 1 is 1.12 bits per heavy atom. The summed E-state index contributed by atoms with van der Waals surface area (Å²) in [7, 11) is 0. The Labute approximate surface area is 207 Å². The summed E-state index contributed by atoms with van der Waals surface area (Å²) in [4.78, 5) is 15.2. The number of fused-ring (bicyclic) bond motifs is 4. The lowest BCUT2D eigenvalue weighted by molar-refractivity contribution is -0.00951. The monoisotopic (exact) mass is 481 g/mol. The molecule has 2 N–H and O–H groups in total. The van der Waals surface area contributed by atoms with Crippen LogP contribution in [-0.2, 0) is 12.1 Å². The third-order valence-corrected chi connectivity index (χ3v) is 6.69. The van der Waals surface area contributed by atoms with E-state index in [9.17, 15) is 4.79 Å². The number of amides is 1. The van der Waals surface area contributed by atoms with Gasteiger partial charge in [0.15, 0.2) is 5.60 Å². The van der Waals surface area contributed by atoms with Gasteiger partial charge in [-0.05, 0) is 68.8 Å². The normalized spacial score (nSPS) is 15.9. The molecule has 2 aromatic carbocycles. The molecule has 1 fully saturated rings. The second-order valence-corrected chi connectivity index (χ2v) is 9.25. The molecule has 0 unspecified atom stereocenters. The molecule has 7 heteroatoms. The highest BCUT2D eigenvalue weighted by molar-refractivity contribution is 5.94. The fourth-order valence-corrected chi connectivity index (χ4v) is 5.05. The molecule has 0 saturated carbocycles. The van der Waals surface area contributed by atoms with E-state index in [-0.39, 0.29) is 24.4 Å². The van der Waals surface area contributed by atoms with Crippen molar-refractivity contribution >= 4 is 18.3 Å². The van der Waals surface area contributed by atoms with Gasteiger partial charge in [-0.2, -0.15) is 0 Å². The lowest BCUT2D eigenvalue weighted by Gasteiger charge is -2.45. The molecular weight excluding hydrogens is 450 g/mol. The molecule has 3 heterocycles. The van der Waals surface area contributed by atoms with E-state index in [1.165, 1.54) is 0 Å². The van der Waals surface area contributed by atoms with E-state index in [0.29, 0.717) is 25.2 Å². The molecule has 2 aliphatic heterocycles. The van der Waals surface area contributed by atoms with Crippen molar-refractivity contribution in [3.63, 3.8) is 0 Å². The van der Waals surface area contributed by atoms with Gasteiger partial charge < -0.3 is 24.7 Å². The summed E-state index contributed by atoms with van der Waals surface area (Å²) in [5, 5.41) is 0. The smallest absolute Gasteiger partial charge is 0.253 e. The Morgan fingerprint density at radius 3 is 2.53 bits per heavy atom. The van der Waals surface area contributed by atoms with Crippen LogP contribution < -0.4 is 15.2 Å². The zero-order valence-corrected chi connectivity index (χ0v) is 20.7. The predicted octanol–water partition coefficient (Wildman–Crippen LogP) is 4.98. The average Bonchev–Trinajstić information content (AvgIpc) is 3.26. The van der Waals surface area contributed by atoms with Gasteiger partial charge in [0.05, 0.1) is 17.5 Å². The summed E-state index contributed by atoms with van der Waals surface area (Å²) < 4.78 is 14.7. The van der Waals surface area contributed by atoms with Crippen molar-refractivity contribution in [2.45, 2.75) is 51.9 Å². The number of benzene rings is 2. The number of likely N-dealkylation sites (tertiary alicyclic amines) is 1. The Balaban J connectivity index is 0.00000274. The maximum absolute atomic E-state index is 13.3. The minimum absolute atomic E-state index is 0. The first-order valence-corrected chi connectivity index (χ1v) is 11.7. The van der Waals surface area contributed by atoms with Gasteiger partial charge in [0.2, 0.25) is 0 Å². The van der Waals surface area contributed by atoms with E-state index in [4.69, 9.17) is 15.2 Å². The summed E-state index contributed by atoms with van der Waals surface area (Å²) >= 11 is 0. The third-order valence-electron chi connectivity index (χ3n) is 6.69. The summed E-state index contributed by atoms with van der Waals surface area (Å²) in [6.07, 6.45) is 1.56. The van der Waals surface area contributed by atoms with Gasteiger partial charge in [-0.1, -0.05) is 12.1 Å². The Bertz CT molecular complexity index is 1200. The van der Waals surface area contributed by atoms with Gasteiger partial charge in [-0.15, -0.1) is 12.4 Å². The number of aryl methyl sites for hydroxylation is 1. The molecule has 0 atom stereocenters. The number of hydrogen-bond donors (Lipinski definition) is 1. The van der Waals surface area contributed by atoms with Crippen molar-refractivity contribution in [1.29, 1.82) is 0 Å². The van der Waals surface area contributed by atoms with Crippen LogP contribution in [0.2, 0.25) is 0 Å². The number of nitrogens with zero attached hydrogens (tertiary/aromatic N) is 2. The van der Waals surface area contributed by atoms with Crippen LogP contribution in [0.4, 0.5) is 0 Å². The van der Waals surface area contributed by atoms with Crippen LogP contribution in [0, 0.1) is 6.92 Å². The molecule has 1 saturated heterocycles. The summed E-state index contributed by atoms with van der Waals surface area (Å²) in [6, 6.07) is 18.0. The molecule has 0 bridgehead atoms. The molecule has 180 valence electrons. The van der Waals surface area contributed by atoms with Crippen molar-refractivity contribution in [3.05, 3.63) is 77.1 Å². The topological polar surface area (TPSA) is 69.7 Å². The molecule has 0 radical (unpaired) electrons. The first-order chi connectivity index (χ1) is 15.9. The quantitative estimate of drug-likeness (QED) is 0.570. The lowest BCUT2D eigenvalue weighted by Crippen LogP contribution is -2.50. The molecule has 1 spiro atoms. The number of nitrogens with two attached hydrogens (primary N) is 1. The first kappa shape index (κ1) is 24.2. The second kappa shape index (κ2) is 9.35. The van der Waals surface area contributed by atoms with Crippen LogP contribution >= 0.6 is 12.4 Å². The van der Waals surface area contributed by atoms with Crippen LogP contribution in [0.15, 0.2) is 54.6 Å². The molecular formula is C27H32ClN3O3. The van der Waals surface area contributed by atoms with Gasteiger partial charge in [0, 0.05) is 43.7 Å². The van der Waals surface area contributed by atoms with Gasteiger partial charge >= 0.3 is 0 Å². The minimum atomic E-state index is -0.455. The highest BCUT2D eigenvalue weighted by Gasteiger charge is 2.45. The molecule has 1 amide bonds. The predicted molar refractivity (Wildman–Crippen MR) is 135 cm³/mol. The van der Waals surface area contributed by atoms with Crippen molar-refractivity contribution in [1.82, 2.24) is 9.47 Å². The molecule has 3 aromatic rings. The van der Waals surface area contributed by atoms with Crippen LogP contribution in [-0.4, -0.2) is 34.6 Å². The number of carbonyl (C=O) groups is 1. The van der Waals surface area contributed by atoms with Gasteiger partial charge in [0.25, 0.3) is 5.91 Å².